The Labute approximate surface area is 154 Å². The first-order valence-electron chi connectivity index (χ1n) is 9.86. The summed E-state index contributed by atoms with van der Waals surface area (Å²) in [5, 5.41) is 0. The number of carbonyl (C=O) groups excluding carboxylic acids is 1. The quantitative estimate of drug-likeness (QED) is 0.813. The van der Waals surface area contributed by atoms with Crippen LogP contribution in [-0.2, 0) is 20.8 Å². The van der Waals surface area contributed by atoms with Gasteiger partial charge in [-0.25, -0.2) is 0 Å². The normalized spacial score (nSPS) is 33.2. The van der Waals surface area contributed by atoms with Crippen molar-refractivity contribution in [3.05, 3.63) is 30.1 Å². The molecule has 1 saturated carbocycles. The number of fused-ring (bicyclic) bond motifs is 1. The van der Waals surface area contributed by atoms with E-state index in [1.165, 1.54) is 5.56 Å². The molecule has 1 aromatic heterocycles. The first-order chi connectivity index (χ1) is 12.7. The Balaban J connectivity index is 1.17. The smallest absolute Gasteiger partial charge is 0.226 e. The topological polar surface area (TPSA) is 54.9 Å². The van der Waals surface area contributed by atoms with Gasteiger partial charge in [0.1, 0.15) is 0 Å². The number of aromatic nitrogens is 1. The van der Waals surface area contributed by atoms with Crippen molar-refractivity contribution in [2.24, 2.45) is 17.8 Å². The van der Waals surface area contributed by atoms with Gasteiger partial charge in [0.2, 0.25) is 5.91 Å². The second kappa shape index (κ2) is 6.59. The molecule has 0 radical (unpaired) electrons. The maximum atomic E-state index is 12.9. The molecule has 1 spiro atoms. The van der Waals surface area contributed by atoms with E-state index in [2.05, 4.69) is 26.9 Å². The predicted octanol–water partition coefficient (Wildman–Crippen LogP) is 1.17. The Bertz CT molecular complexity index is 650. The summed E-state index contributed by atoms with van der Waals surface area (Å²) >= 11 is 0. The molecule has 4 heterocycles. The molecule has 6 nitrogen and oxygen atoms in total. The van der Waals surface area contributed by atoms with Crippen LogP contribution in [0, 0.1) is 17.8 Å². The summed E-state index contributed by atoms with van der Waals surface area (Å²) in [6.07, 6.45) is 5.71. The lowest BCUT2D eigenvalue weighted by Gasteiger charge is -2.47. The fourth-order valence-corrected chi connectivity index (χ4v) is 5.02. The second-order valence-corrected chi connectivity index (χ2v) is 8.31. The molecule has 1 aliphatic carbocycles. The van der Waals surface area contributed by atoms with Crippen molar-refractivity contribution in [2.45, 2.75) is 25.0 Å². The van der Waals surface area contributed by atoms with E-state index < -0.39 is 0 Å². The molecule has 3 aliphatic heterocycles. The summed E-state index contributed by atoms with van der Waals surface area (Å²) in [5.74, 6) is 1.56. The molecule has 5 rings (SSSR count). The first kappa shape index (κ1) is 16.7. The van der Waals surface area contributed by atoms with Crippen LogP contribution in [0.4, 0.5) is 0 Å². The van der Waals surface area contributed by atoms with Crippen LogP contribution in [0.1, 0.15) is 18.4 Å². The molecular formula is C20H27N3O3. The molecule has 0 N–H and O–H groups in total. The zero-order valence-corrected chi connectivity index (χ0v) is 15.2. The molecule has 26 heavy (non-hydrogen) atoms. The van der Waals surface area contributed by atoms with Gasteiger partial charge in [-0.2, -0.15) is 0 Å². The number of ether oxygens (including phenoxy) is 2. The van der Waals surface area contributed by atoms with Crippen LogP contribution in [0.3, 0.4) is 0 Å². The number of pyridine rings is 1. The van der Waals surface area contributed by atoms with Crippen LogP contribution in [-0.4, -0.2) is 72.3 Å². The van der Waals surface area contributed by atoms with Gasteiger partial charge in [-0.05, 0) is 42.4 Å². The van der Waals surface area contributed by atoms with Crippen molar-refractivity contribution in [3.63, 3.8) is 0 Å². The van der Waals surface area contributed by atoms with Crippen molar-refractivity contribution in [3.8, 4) is 0 Å². The Morgan fingerprint density at radius 1 is 1.15 bits per heavy atom. The highest BCUT2D eigenvalue weighted by Crippen LogP contribution is 2.51. The van der Waals surface area contributed by atoms with Crippen LogP contribution < -0.4 is 0 Å². The van der Waals surface area contributed by atoms with E-state index in [4.69, 9.17) is 9.47 Å². The summed E-state index contributed by atoms with van der Waals surface area (Å²) in [4.78, 5) is 21.6. The van der Waals surface area contributed by atoms with Crippen molar-refractivity contribution < 1.29 is 14.3 Å². The molecule has 4 fully saturated rings. The minimum absolute atomic E-state index is 0.136. The number of rotatable bonds is 3. The molecule has 1 unspecified atom stereocenters. The SMILES string of the molecule is O=C(C1[C@H]2COC[C@@H]12)N1CCOC2(CCN(Cc3ccncc3)CC2)C1. The van der Waals surface area contributed by atoms with E-state index >= 15 is 0 Å². The van der Waals surface area contributed by atoms with E-state index in [1.807, 2.05) is 12.4 Å². The van der Waals surface area contributed by atoms with Gasteiger partial charge < -0.3 is 14.4 Å². The van der Waals surface area contributed by atoms with Crippen LogP contribution in [0.2, 0.25) is 0 Å². The number of hydrogen-bond acceptors (Lipinski definition) is 5. The van der Waals surface area contributed by atoms with E-state index in [1.54, 1.807) is 0 Å². The Morgan fingerprint density at radius 2 is 1.88 bits per heavy atom. The molecule has 0 aromatic carbocycles. The molecular weight excluding hydrogens is 330 g/mol. The number of amides is 1. The van der Waals surface area contributed by atoms with E-state index in [-0.39, 0.29) is 11.5 Å². The number of hydrogen-bond donors (Lipinski definition) is 0. The van der Waals surface area contributed by atoms with E-state index in [0.29, 0.717) is 24.3 Å². The summed E-state index contributed by atoms with van der Waals surface area (Å²) in [5.41, 5.74) is 1.17. The third kappa shape index (κ3) is 3.04. The minimum atomic E-state index is -0.136. The lowest BCUT2D eigenvalue weighted by Crippen LogP contribution is -2.58. The molecule has 6 heteroatoms. The van der Waals surface area contributed by atoms with Crippen LogP contribution in [0.25, 0.3) is 0 Å². The number of morpholine rings is 1. The zero-order chi connectivity index (χ0) is 17.6. The number of carbonyl (C=O) groups is 1. The third-order valence-electron chi connectivity index (χ3n) is 6.72. The fraction of sp³-hybridized carbons (Fsp3) is 0.700. The lowest BCUT2D eigenvalue weighted by atomic mass is 9.89. The average Bonchev–Trinajstić information content (AvgIpc) is 3.15. The van der Waals surface area contributed by atoms with Gasteiger partial charge in [-0.3, -0.25) is 14.7 Å². The number of piperidine rings is 1. The Hall–Kier alpha value is -1.50. The maximum absolute atomic E-state index is 12.9. The molecule has 140 valence electrons. The number of nitrogens with zero attached hydrogens (tertiary/aromatic N) is 3. The molecule has 1 amide bonds. The largest absolute Gasteiger partial charge is 0.381 e. The predicted molar refractivity (Wildman–Crippen MR) is 95.3 cm³/mol. The molecule has 1 aromatic rings. The van der Waals surface area contributed by atoms with Crippen molar-refractivity contribution >= 4 is 5.91 Å². The van der Waals surface area contributed by atoms with Gasteiger partial charge >= 0.3 is 0 Å². The van der Waals surface area contributed by atoms with Gasteiger partial charge in [0.05, 0.1) is 25.4 Å². The summed E-state index contributed by atoms with van der Waals surface area (Å²) in [6, 6.07) is 4.16. The van der Waals surface area contributed by atoms with E-state index in [9.17, 15) is 4.79 Å². The van der Waals surface area contributed by atoms with E-state index in [0.717, 1.165) is 58.8 Å². The molecule has 3 atom stereocenters. The number of likely N-dealkylation sites (tertiary alicyclic amines) is 1. The summed E-state index contributed by atoms with van der Waals surface area (Å²) in [6.45, 7) is 6.76. The van der Waals surface area contributed by atoms with Crippen molar-refractivity contribution in [1.82, 2.24) is 14.8 Å². The van der Waals surface area contributed by atoms with Crippen LogP contribution >= 0.6 is 0 Å². The highest BCUT2D eigenvalue weighted by molar-refractivity contribution is 5.82. The van der Waals surface area contributed by atoms with Crippen LogP contribution in [0.5, 0.6) is 0 Å². The second-order valence-electron chi connectivity index (χ2n) is 8.31. The Kier molecular flexibility index (Phi) is 4.22. The highest BCUT2D eigenvalue weighted by Gasteiger charge is 2.59. The van der Waals surface area contributed by atoms with Gasteiger partial charge in [0, 0.05) is 51.0 Å². The highest BCUT2D eigenvalue weighted by atomic mass is 16.5. The first-order valence-corrected chi connectivity index (χ1v) is 9.86. The van der Waals surface area contributed by atoms with Crippen molar-refractivity contribution in [1.29, 1.82) is 0 Å². The van der Waals surface area contributed by atoms with Gasteiger partial charge in [-0.15, -0.1) is 0 Å². The fourth-order valence-electron chi connectivity index (χ4n) is 5.02. The van der Waals surface area contributed by atoms with Crippen molar-refractivity contribution in [2.75, 3.05) is 46.0 Å². The summed E-state index contributed by atoms with van der Waals surface area (Å²) in [7, 11) is 0. The summed E-state index contributed by atoms with van der Waals surface area (Å²) < 4.78 is 11.7. The average molecular weight is 357 g/mol. The van der Waals surface area contributed by atoms with Crippen LogP contribution in [0.15, 0.2) is 24.5 Å². The molecule has 0 bridgehead atoms. The molecule has 3 saturated heterocycles. The van der Waals surface area contributed by atoms with Gasteiger partial charge in [-0.1, -0.05) is 0 Å². The minimum Gasteiger partial charge on any atom is -0.381 e. The zero-order valence-electron chi connectivity index (χ0n) is 15.2. The maximum Gasteiger partial charge on any atom is 0.226 e. The molecule has 4 aliphatic rings. The van der Waals surface area contributed by atoms with Gasteiger partial charge in [0.15, 0.2) is 0 Å². The Morgan fingerprint density at radius 3 is 2.62 bits per heavy atom. The van der Waals surface area contributed by atoms with Gasteiger partial charge in [0.25, 0.3) is 0 Å². The third-order valence-corrected chi connectivity index (χ3v) is 6.72. The standard InChI is InChI=1S/C20H27N3O3/c24-19(18-16-12-25-13-17(16)18)23-9-10-26-20(14-23)3-7-22(8-4-20)11-15-1-5-21-6-2-15/h1-2,5-6,16-18H,3-4,7-14H2/t16-,17+,18?. The lowest BCUT2D eigenvalue weighted by molar-refractivity contribution is -0.161. The monoisotopic (exact) mass is 357 g/mol.